The third-order valence-electron chi connectivity index (χ3n) is 5.67. The number of piperazine rings is 1. The summed E-state index contributed by atoms with van der Waals surface area (Å²) in [6.45, 7) is 9.59. The molecule has 1 aromatic rings. The molecule has 0 atom stereocenters. The van der Waals surface area contributed by atoms with Gasteiger partial charge in [-0.2, -0.15) is 0 Å². The van der Waals surface area contributed by atoms with Crippen LogP contribution in [0.25, 0.3) is 0 Å². The van der Waals surface area contributed by atoms with Gasteiger partial charge in [-0.25, -0.2) is 0 Å². The van der Waals surface area contributed by atoms with Gasteiger partial charge in [0.2, 0.25) is 0 Å². The second-order valence-electron chi connectivity index (χ2n) is 6.97. The van der Waals surface area contributed by atoms with Crippen molar-refractivity contribution in [3.8, 4) is 0 Å². The van der Waals surface area contributed by atoms with Gasteiger partial charge in [0.1, 0.15) is 5.76 Å². The van der Waals surface area contributed by atoms with Crippen LogP contribution in [0, 0.1) is 0 Å². The first-order valence-electron chi connectivity index (χ1n) is 8.99. The Morgan fingerprint density at radius 1 is 1.17 bits per heavy atom. The van der Waals surface area contributed by atoms with Crippen LogP contribution in [0.5, 0.6) is 0 Å². The fraction of sp³-hybridized carbons (Fsp3) is 0.765. The van der Waals surface area contributed by atoms with Crippen molar-refractivity contribution in [3.05, 3.63) is 17.0 Å². The minimum Gasteiger partial charge on any atom is -0.360 e. The number of rotatable bonds is 3. The third-order valence-corrected chi connectivity index (χ3v) is 5.67. The van der Waals surface area contributed by atoms with Gasteiger partial charge in [-0.15, -0.1) is 0 Å². The predicted molar refractivity (Wildman–Crippen MR) is 86.5 cm³/mol. The Morgan fingerprint density at radius 3 is 2.65 bits per heavy atom. The molecule has 0 aromatic carbocycles. The third kappa shape index (κ3) is 2.78. The van der Waals surface area contributed by atoms with Crippen LogP contribution in [-0.2, 0) is 12.8 Å². The van der Waals surface area contributed by atoms with Crippen LogP contribution in [0.2, 0.25) is 0 Å². The Kier molecular flexibility index (Phi) is 4.11. The van der Waals surface area contributed by atoms with Crippen molar-refractivity contribution in [1.29, 1.82) is 0 Å². The van der Waals surface area contributed by atoms with Crippen molar-refractivity contribution >= 4 is 5.91 Å². The van der Waals surface area contributed by atoms with Crippen molar-refractivity contribution in [2.45, 2.75) is 38.6 Å². The topological polar surface area (TPSA) is 52.8 Å². The molecule has 2 aliphatic heterocycles. The van der Waals surface area contributed by atoms with Crippen molar-refractivity contribution in [2.75, 3.05) is 45.8 Å². The van der Waals surface area contributed by atoms with Crippen LogP contribution in [0.4, 0.5) is 0 Å². The summed E-state index contributed by atoms with van der Waals surface area (Å²) in [6.07, 6.45) is 4.15. The molecule has 1 aliphatic carbocycles. The summed E-state index contributed by atoms with van der Waals surface area (Å²) < 4.78 is 5.38. The average molecular weight is 318 g/mol. The smallest absolute Gasteiger partial charge is 0.276 e. The molecule has 3 aliphatic rings. The highest BCUT2D eigenvalue weighted by Gasteiger charge is 2.38. The number of carbonyl (C=O) groups excluding carboxylic acids is 1. The van der Waals surface area contributed by atoms with Gasteiger partial charge in [0.05, 0.1) is 0 Å². The summed E-state index contributed by atoms with van der Waals surface area (Å²) in [6, 6.07) is 0.528. The minimum atomic E-state index is 0.0698. The molecule has 6 nitrogen and oxygen atoms in total. The quantitative estimate of drug-likeness (QED) is 0.833. The molecule has 0 radical (unpaired) electrons. The van der Waals surface area contributed by atoms with E-state index in [0.717, 1.165) is 82.8 Å². The number of likely N-dealkylation sites (N-methyl/N-ethyl adjacent to an activating group) is 1. The van der Waals surface area contributed by atoms with Crippen molar-refractivity contribution in [3.63, 3.8) is 0 Å². The molecule has 1 amide bonds. The second-order valence-corrected chi connectivity index (χ2v) is 6.97. The van der Waals surface area contributed by atoms with E-state index in [2.05, 4.69) is 21.9 Å². The number of fused-ring (bicyclic) bond motifs is 1. The van der Waals surface area contributed by atoms with Crippen LogP contribution in [0.15, 0.2) is 4.52 Å². The van der Waals surface area contributed by atoms with Crippen molar-refractivity contribution in [2.24, 2.45) is 0 Å². The van der Waals surface area contributed by atoms with E-state index in [1.54, 1.807) is 0 Å². The van der Waals surface area contributed by atoms with Gasteiger partial charge >= 0.3 is 0 Å². The highest BCUT2D eigenvalue weighted by Crippen LogP contribution is 2.27. The van der Waals surface area contributed by atoms with E-state index in [1.165, 1.54) is 0 Å². The standard InChI is InChI=1S/C17H26N4O2/c1-2-19-7-9-20(10-8-19)13-11-21(12-13)17(22)16-14-5-3-4-6-15(14)23-18-16/h13H,2-12H2,1H3. The van der Waals surface area contributed by atoms with Crippen LogP contribution < -0.4 is 0 Å². The zero-order valence-electron chi connectivity index (χ0n) is 14.0. The highest BCUT2D eigenvalue weighted by atomic mass is 16.5. The van der Waals surface area contributed by atoms with Crippen LogP contribution in [0.1, 0.15) is 41.6 Å². The van der Waals surface area contributed by atoms with Crippen molar-refractivity contribution < 1.29 is 9.32 Å². The zero-order chi connectivity index (χ0) is 15.8. The Bertz CT molecular complexity index is 571. The normalized spacial score (nSPS) is 23.6. The van der Waals surface area contributed by atoms with Gasteiger partial charge in [-0.3, -0.25) is 9.69 Å². The summed E-state index contributed by atoms with van der Waals surface area (Å²) >= 11 is 0. The molecule has 6 heteroatoms. The van der Waals surface area contributed by atoms with Gasteiger partial charge in [0.15, 0.2) is 5.69 Å². The predicted octanol–water partition coefficient (Wildman–Crippen LogP) is 1.02. The first-order valence-corrected chi connectivity index (χ1v) is 8.99. The van der Waals surface area contributed by atoms with Gasteiger partial charge in [0.25, 0.3) is 5.91 Å². The van der Waals surface area contributed by atoms with Gasteiger partial charge in [-0.1, -0.05) is 12.1 Å². The Hall–Kier alpha value is -1.40. The van der Waals surface area contributed by atoms with E-state index in [-0.39, 0.29) is 5.91 Å². The number of hydrogen-bond acceptors (Lipinski definition) is 5. The molecule has 0 unspecified atom stereocenters. The maximum absolute atomic E-state index is 12.7. The van der Waals surface area contributed by atoms with E-state index in [9.17, 15) is 4.79 Å². The van der Waals surface area contributed by atoms with Gasteiger partial charge < -0.3 is 14.3 Å². The number of hydrogen-bond donors (Lipinski definition) is 0. The number of amides is 1. The lowest BCUT2D eigenvalue weighted by atomic mass is 9.95. The number of carbonyl (C=O) groups is 1. The molecule has 0 N–H and O–H groups in total. The average Bonchev–Trinajstić information content (AvgIpc) is 2.98. The van der Waals surface area contributed by atoms with E-state index >= 15 is 0 Å². The molecule has 3 heterocycles. The molecule has 23 heavy (non-hydrogen) atoms. The fourth-order valence-corrected chi connectivity index (χ4v) is 4.00. The van der Waals surface area contributed by atoms with Crippen LogP contribution in [-0.4, -0.2) is 77.6 Å². The number of aryl methyl sites for hydroxylation is 1. The van der Waals surface area contributed by atoms with Crippen LogP contribution in [0.3, 0.4) is 0 Å². The maximum Gasteiger partial charge on any atom is 0.276 e. The maximum atomic E-state index is 12.7. The fourth-order valence-electron chi connectivity index (χ4n) is 4.00. The summed E-state index contributed by atoms with van der Waals surface area (Å²) in [5, 5.41) is 4.07. The lowest BCUT2D eigenvalue weighted by molar-refractivity contribution is 0.00781. The molecule has 0 bridgehead atoms. The van der Waals surface area contributed by atoms with Crippen molar-refractivity contribution in [1.82, 2.24) is 19.9 Å². The lowest BCUT2D eigenvalue weighted by Crippen LogP contribution is -2.64. The zero-order valence-corrected chi connectivity index (χ0v) is 14.0. The molecule has 0 saturated carbocycles. The largest absolute Gasteiger partial charge is 0.360 e. The Morgan fingerprint density at radius 2 is 1.91 bits per heavy atom. The summed E-state index contributed by atoms with van der Waals surface area (Å²) in [4.78, 5) is 19.6. The molecule has 4 rings (SSSR count). The first kappa shape index (κ1) is 15.1. The minimum absolute atomic E-state index is 0.0698. The highest BCUT2D eigenvalue weighted by molar-refractivity contribution is 5.94. The van der Waals surface area contributed by atoms with E-state index in [1.807, 2.05) is 4.90 Å². The Balaban J connectivity index is 1.33. The lowest BCUT2D eigenvalue weighted by Gasteiger charge is -2.47. The second kappa shape index (κ2) is 6.24. The SMILES string of the molecule is CCN1CCN(C2CN(C(=O)c3noc4c3CCCC4)C2)CC1. The van der Waals surface area contributed by atoms with E-state index in [0.29, 0.717) is 11.7 Å². The summed E-state index contributed by atoms with van der Waals surface area (Å²) in [5.74, 6) is 1.01. The van der Waals surface area contributed by atoms with Gasteiger partial charge in [0, 0.05) is 57.3 Å². The molecule has 0 spiro atoms. The van der Waals surface area contributed by atoms with E-state index in [4.69, 9.17) is 4.52 Å². The monoisotopic (exact) mass is 318 g/mol. The molecular formula is C17H26N4O2. The molecule has 2 saturated heterocycles. The molecule has 2 fully saturated rings. The van der Waals surface area contributed by atoms with Crippen LogP contribution >= 0.6 is 0 Å². The molecule has 126 valence electrons. The number of nitrogens with zero attached hydrogens (tertiary/aromatic N) is 4. The number of aromatic nitrogens is 1. The summed E-state index contributed by atoms with van der Waals surface area (Å²) in [7, 11) is 0. The summed E-state index contributed by atoms with van der Waals surface area (Å²) in [5.41, 5.74) is 1.65. The Labute approximate surface area is 137 Å². The number of likely N-dealkylation sites (tertiary alicyclic amines) is 1. The van der Waals surface area contributed by atoms with E-state index < -0.39 is 0 Å². The molecular weight excluding hydrogens is 292 g/mol. The first-order chi connectivity index (χ1) is 11.3. The molecule has 1 aromatic heterocycles. The van der Waals surface area contributed by atoms with Gasteiger partial charge in [-0.05, 0) is 25.8 Å².